The molecular weight excluding hydrogens is 455 g/mol. The number of hydrogen-bond donors (Lipinski definition) is 1. The van der Waals surface area contributed by atoms with Crippen LogP contribution in [0.1, 0.15) is 48.9 Å². The van der Waals surface area contributed by atoms with Gasteiger partial charge in [-0.2, -0.15) is 0 Å². The number of nitrogens with one attached hydrogen (secondary N) is 1. The van der Waals surface area contributed by atoms with Gasteiger partial charge in [-0.3, -0.25) is 9.59 Å². The largest absolute Gasteiger partial charge is 0.497 e. The highest BCUT2D eigenvalue weighted by Crippen LogP contribution is 2.28. The first-order valence-corrected chi connectivity index (χ1v) is 12.2. The monoisotopic (exact) mass is 482 g/mol. The zero-order valence-electron chi connectivity index (χ0n) is 19.0. The molecule has 2 amide bonds. The van der Waals surface area contributed by atoms with Gasteiger partial charge in [0.2, 0.25) is 11.0 Å². The molecule has 34 heavy (non-hydrogen) atoms. The Morgan fingerprint density at radius 1 is 1.06 bits per heavy atom. The van der Waals surface area contributed by atoms with E-state index >= 15 is 0 Å². The Morgan fingerprint density at radius 3 is 2.44 bits per heavy atom. The van der Waals surface area contributed by atoms with Gasteiger partial charge in [-0.15, -0.1) is 10.2 Å². The highest BCUT2D eigenvalue weighted by molar-refractivity contribution is 7.18. The standard InChI is InChI=1S/C25H27FN4O3S/c1-33-21-13-9-17(10-14-21)23-28-29-25(34-23)27-22(31)15-16-30(20-5-3-2-4-6-20)24(32)18-7-11-19(26)12-8-18/h7-14,20H,2-6,15-16H2,1H3,(H,27,29,31). The Bertz CT molecular complexity index is 1110. The Hall–Kier alpha value is -3.33. The molecule has 1 aliphatic rings. The quantitative estimate of drug-likeness (QED) is 0.480. The van der Waals surface area contributed by atoms with E-state index in [2.05, 4.69) is 15.5 Å². The van der Waals surface area contributed by atoms with Crippen LogP contribution in [0.15, 0.2) is 48.5 Å². The predicted molar refractivity (Wildman–Crippen MR) is 129 cm³/mol. The molecule has 0 bridgehead atoms. The summed E-state index contributed by atoms with van der Waals surface area (Å²) in [5, 5.41) is 12.1. The Morgan fingerprint density at radius 2 is 1.76 bits per heavy atom. The van der Waals surface area contributed by atoms with Crippen LogP contribution in [0.25, 0.3) is 10.6 Å². The van der Waals surface area contributed by atoms with Gasteiger partial charge in [0, 0.05) is 30.1 Å². The third kappa shape index (κ3) is 5.96. The molecule has 0 spiro atoms. The molecule has 0 radical (unpaired) electrons. The van der Waals surface area contributed by atoms with Crippen LogP contribution in [0.2, 0.25) is 0 Å². The molecule has 1 saturated carbocycles. The topological polar surface area (TPSA) is 84.4 Å². The number of halogens is 1. The lowest BCUT2D eigenvalue weighted by Gasteiger charge is -2.34. The summed E-state index contributed by atoms with van der Waals surface area (Å²) in [5.74, 6) is -0.0340. The summed E-state index contributed by atoms with van der Waals surface area (Å²) in [6.07, 6.45) is 5.24. The number of amides is 2. The van der Waals surface area contributed by atoms with E-state index < -0.39 is 0 Å². The molecule has 2 aromatic carbocycles. The maximum atomic E-state index is 13.3. The van der Waals surface area contributed by atoms with Crippen molar-refractivity contribution in [2.75, 3.05) is 19.0 Å². The number of benzene rings is 2. The van der Waals surface area contributed by atoms with Gasteiger partial charge in [-0.05, 0) is 61.4 Å². The Labute approximate surface area is 202 Å². The lowest BCUT2D eigenvalue weighted by Crippen LogP contribution is -2.43. The van der Waals surface area contributed by atoms with Crippen LogP contribution in [0, 0.1) is 5.82 Å². The molecule has 3 aromatic rings. The third-order valence-corrected chi connectivity index (χ3v) is 6.84. The average Bonchev–Trinajstić information content (AvgIpc) is 3.33. The minimum Gasteiger partial charge on any atom is -0.497 e. The second-order valence-corrected chi connectivity index (χ2v) is 9.21. The second kappa shape index (κ2) is 11.2. The Balaban J connectivity index is 1.39. The molecule has 0 aliphatic heterocycles. The van der Waals surface area contributed by atoms with E-state index in [1.54, 1.807) is 12.0 Å². The number of rotatable bonds is 8. The van der Waals surface area contributed by atoms with Crippen molar-refractivity contribution < 1.29 is 18.7 Å². The fourth-order valence-corrected chi connectivity index (χ4v) is 4.89. The minimum atomic E-state index is -0.383. The number of ether oxygens (including phenoxy) is 1. The van der Waals surface area contributed by atoms with Crippen LogP contribution in [0.4, 0.5) is 9.52 Å². The van der Waals surface area contributed by atoms with Crippen molar-refractivity contribution in [2.45, 2.75) is 44.6 Å². The van der Waals surface area contributed by atoms with Gasteiger partial charge in [0.15, 0.2) is 0 Å². The molecule has 9 heteroatoms. The van der Waals surface area contributed by atoms with Gasteiger partial charge in [0.25, 0.3) is 5.91 Å². The summed E-state index contributed by atoms with van der Waals surface area (Å²) in [5.41, 5.74) is 1.31. The molecule has 0 unspecified atom stereocenters. The van der Waals surface area contributed by atoms with Gasteiger partial charge < -0.3 is 15.0 Å². The average molecular weight is 483 g/mol. The number of aromatic nitrogens is 2. The molecule has 1 heterocycles. The van der Waals surface area contributed by atoms with Crippen LogP contribution in [-0.2, 0) is 4.79 Å². The molecule has 1 aromatic heterocycles. The fourth-order valence-electron chi connectivity index (χ4n) is 4.13. The zero-order chi connectivity index (χ0) is 23.9. The first kappa shape index (κ1) is 23.8. The van der Waals surface area contributed by atoms with Gasteiger partial charge in [-0.1, -0.05) is 30.6 Å². The molecule has 1 fully saturated rings. The van der Waals surface area contributed by atoms with E-state index in [0.29, 0.717) is 15.7 Å². The number of nitrogens with zero attached hydrogens (tertiary/aromatic N) is 3. The highest BCUT2D eigenvalue weighted by Gasteiger charge is 2.27. The van der Waals surface area contributed by atoms with E-state index in [0.717, 1.165) is 43.4 Å². The SMILES string of the molecule is COc1ccc(-c2nnc(NC(=O)CCN(C(=O)c3ccc(F)cc3)C3CCCCC3)s2)cc1. The number of carbonyl (C=O) groups is 2. The number of methoxy groups -OCH3 is 1. The molecule has 0 atom stereocenters. The van der Waals surface area contributed by atoms with Gasteiger partial charge in [0.05, 0.1) is 7.11 Å². The summed E-state index contributed by atoms with van der Waals surface area (Å²) < 4.78 is 18.5. The fraction of sp³-hybridized carbons (Fsp3) is 0.360. The summed E-state index contributed by atoms with van der Waals surface area (Å²) in [6, 6.07) is 13.1. The van der Waals surface area contributed by atoms with Crippen molar-refractivity contribution in [2.24, 2.45) is 0 Å². The molecule has 178 valence electrons. The van der Waals surface area contributed by atoms with Crippen molar-refractivity contribution in [1.82, 2.24) is 15.1 Å². The molecule has 1 aliphatic carbocycles. The van der Waals surface area contributed by atoms with Crippen LogP contribution < -0.4 is 10.1 Å². The van der Waals surface area contributed by atoms with Crippen LogP contribution in [0.3, 0.4) is 0 Å². The summed E-state index contributed by atoms with van der Waals surface area (Å²) in [4.78, 5) is 27.6. The lowest BCUT2D eigenvalue weighted by atomic mass is 9.93. The number of carbonyl (C=O) groups excluding carboxylic acids is 2. The summed E-state index contributed by atoms with van der Waals surface area (Å²) in [6.45, 7) is 0.289. The van der Waals surface area contributed by atoms with E-state index in [1.807, 2.05) is 24.3 Å². The highest BCUT2D eigenvalue weighted by atomic mass is 32.1. The van der Waals surface area contributed by atoms with Crippen molar-refractivity contribution in [3.05, 3.63) is 59.9 Å². The van der Waals surface area contributed by atoms with Gasteiger partial charge >= 0.3 is 0 Å². The van der Waals surface area contributed by atoms with Gasteiger partial charge in [-0.25, -0.2) is 4.39 Å². The lowest BCUT2D eigenvalue weighted by molar-refractivity contribution is -0.116. The maximum absolute atomic E-state index is 13.3. The summed E-state index contributed by atoms with van der Waals surface area (Å²) >= 11 is 1.28. The van der Waals surface area contributed by atoms with E-state index in [4.69, 9.17) is 4.74 Å². The smallest absolute Gasteiger partial charge is 0.254 e. The minimum absolute atomic E-state index is 0.0855. The van der Waals surface area contributed by atoms with Crippen LogP contribution in [0.5, 0.6) is 5.75 Å². The van der Waals surface area contributed by atoms with Crippen LogP contribution >= 0.6 is 11.3 Å². The third-order valence-electron chi connectivity index (χ3n) is 5.96. The van der Waals surface area contributed by atoms with Crippen molar-refractivity contribution >= 4 is 28.3 Å². The molecule has 1 N–H and O–H groups in total. The second-order valence-electron chi connectivity index (χ2n) is 8.24. The Kier molecular flexibility index (Phi) is 7.84. The molecule has 0 saturated heterocycles. The van der Waals surface area contributed by atoms with E-state index in [-0.39, 0.29) is 36.6 Å². The summed E-state index contributed by atoms with van der Waals surface area (Å²) in [7, 11) is 1.61. The van der Waals surface area contributed by atoms with Gasteiger partial charge in [0.1, 0.15) is 16.6 Å². The normalized spacial score (nSPS) is 13.9. The molecule has 7 nitrogen and oxygen atoms in total. The maximum Gasteiger partial charge on any atom is 0.254 e. The van der Waals surface area contributed by atoms with Crippen molar-refractivity contribution in [3.8, 4) is 16.3 Å². The first-order valence-electron chi connectivity index (χ1n) is 11.4. The zero-order valence-corrected chi connectivity index (χ0v) is 19.8. The first-order chi connectivity index (χ1) is 16.5. The molecule has 4 rings (SSSR count). The van der Waals surface area contributed by atoms with Crippen molar-refractivity contribution in [3.63, 3.8) is 0 Å². The molecular formula is C25H27FN4O3S. The number of hydrogen-bond acceptors (Lipinski definition) is 6. The number of anilines is 1. The van der Waals surface area contributed by atoms with E-state index in [1.165, 1.54) is 35.6 Å². The van der Waals surface area contributed by atoms with Crippen LogP contribution in [-0.4, -0.2) is 46.6 Å². The predicted octanol–water partition coefficient (Wildman–Crippen LogP) is 5.16. The van der Waals surface area contributed by atoms with E-state index in [9.17, 15) is 14.0 Å². The van der Waals surface area contributed by atoms with Crippen molar-refractivity contribution in [1.29, 1.82) is 0 Å².